The molecule has 7 heteroatoms. The Morgan fingerprint density at radius 2 is 1.58 bits per heavy atom. The third-order valence-corrected chi connectivity index (χ3v) is 3.11. The first-order chi connectivity index (χ1) is 11.4. The first kappa shape index (κ1) is 17.1. The Balaban J connectivity index is 1.91. The summed E-state index contributed by atoms with van der Waals surface area (Å²) in [5, 5.41) is 13.4. The molecule has 124 valence electrons. The largest absolute Gasteiger partial charge is 0.480 e. The molecule has 0 aliphatic rings. The first-order valence-corrected chi connectivity index (χ1v) is 7.08. The average Bonchev–Trinajstić information content (AvgIpc) is 2.55. The van der Waals surface area contributed by atoms with Crippen LogP contribution in [0.4, 0.5) is 10.1 Å². The van der Waals surface area contributed by atoms with Crippen molar-refractivity contribution in [3.63, 3.8) is 0 Å². The molecule has 0 aliphatic heterocycles. The number of hydrogen-bond acceptors (Lipinski definition) is 3. The third kappa shape index (κ3) is 5.20. The van der Waals surface area contributed by atoms with Gasteiger partial charge in [-0.3, -0.25) is 14.4 Å². The normalized spacial score (nSPS) is 10.0. The van der Waals surface area contributed by atoms with Gasteiger partial charge in [0, 0.05) is 11.3 Å². The van der Waals surface area contributed by atoms with Gasteiger partial charge in [0.2, 0.25) is 5.91 Å². The zero-order valence-electron chi connectivity index (χ0n) is 12.6. The molecule has 0 radical (unpaired) electrons. The van der Waals surface area contributed by atoms with Gasteiger partial charge in [-0.05, 0) is 42.0 Å². The Bertz CT molecular complexity index is 742. The zero-order valence-corrected chi connectivity index (χ0v) is 12.6. The molecule has 2 amide bonds. The molecule has 0 spiro atoms. The highest BCUT2D eigenvalue weighted by Crippen LogP contribution is 2.11. The van der Waals surface area contributed by atoms with E-state index in [0.29, 0.717) is 11.3 Å². The van der Waals surface area contributed by atoms with Crippen LogP contribution in [0.1, 0.15) is 15.9 Å². The fraction of sp³-hybridized carbons (Fsp3) is 0.118. The van der Waals surface area contributed by atoms with E-state index in [-0.39, 0.29) is 23.7 Å². The summed E-state index contributed by atoms with van der Waals surface area (Å²) in [7, 11) is 0. The second kappa shape index (κ2) is 7.87. The second-order valence-corrected chi connectivity index (χ2v) is 5.01. The number of carbonyl (C=O) groups excluding carboxylic acids is 2. The quantitative estimate of drug-likeness (QED) is 0.753. The van der Waals surface area contributed by atoms with Gasteiger partial charge in [-0.15, -0.1) is 0 Å². The molecular formula is C17H15FN2O4. The number of rotatable bonds is 6. The minimum atomic E-state index is -1.13. The lowest BCUT2D eigenvalue weighted by molar-refractivity contribution is -0.135. The summed E-state index contributed by atoms with van der Waals surface area (Å²) in [5.41, 5.74) is 1.46. The van der Waals surface area contributed by atoms with Gasteiger partial charge < -0.3 is 15.7 Å². The van der Waals surface area contributed by atoms with Crippen molar-refractivity contribution in [1.82, 2.24) is 5.32 Å². The molecule has 24 heavy (non-hydrogen) atoms. The Labute approximate surface area is 137 Å². The molecule has 0 aliphatic carbocycles. The van der Waals surface area contributed by atoms with Gasteiger partial charge in [-0.1, -0.05) is 12.1 Å². The number of carboxylic acids is 1. The Morgan fingerprint density at radius 1 is 0.958 bits per heavy atom. The number of halogens is 1. The zero-order chi connectivity index (χ0) is 17.5. The SMILES string of the molecule is O=C(O)CNC(=O)c1ccc(NC(=O)Cc2ccc(F)cc2)cc1. The van der Waals surface area contributed by atoms with Gasteiger partial charge >= 0.3 is 5.97 Å². The molecule has 0 saturated heterocycles. The number of hydrogen-bond donors (Lipinski definition) is 3. The highest BCUT2D eigenvalue weighted by molar-refractivity contribution is 5.97. The van der Waals surface area contributed by atoms with Gasteiger partial charge in [0.05, 0.1) is 6.42 Å². The predicted octanol–water partition coefficient (Wildman–Crippen LogP) is 1.82. The van der Waals surface area contributed by atoms with E-state index in [1.54, 1.807) is 0 Å². The van der Waals surface area contributed by atoms with Crippen molar-refractivity contribution < 1.29 is 23.9 Å². The first-order valence-electron chi connectivity index (χ1n) is 7.08. The van der Waals surface area contributed by atoms with Crippen molar-refractivity contribution in [2.24, 2.45) is 0 Å². The van der Waals surface area contributed by atoms with E-state index >= 15 is 0 Å². The number of carbonyl (C=O) groups is 3. The summed E-state index contributed by atoms with van der Waals surface area (Å²) in [6.45, 7) is -0.463. The van der Waals surface area contributed by atoms with E-state index in [1.165, 1.54) is 48.5 Å². The molecule has 3 N–H and O–H groups in total. The Hall–Kier alpha value is -3.22. The topological polar surface area (TPSA) is 95.5 Å². The molecule has 2 rings (SSSR count). The molecule has 0 saturated carbocycles. The van der Waals surface area contributed by atoms with Gasteiger partial charge in [-0.2, -0.15) is 0 Å². The van der Waals surface area contributed by atoms with Gasteiger partial charge in [0.1, 0.15) is 12.4 Å². The third-order valence-electron chi connectivity index (χ3n) is 3.11. The minimum absolute atomic E-state index is 0.0983. The molecule has 0 fully saturated rings. The van der Waals surface area contributed by atoms with Crippen molar-refractivity contribution >= 4 is 23.5 Å². The molecule has 0 heterocycles. The highest BCUT2D eigenvalue weighted by atomic mass is 19.1. The number of anilines is 1. The summed E-state index contributed by atoms with van der Waals surface area (Å²) in [5.74, 6) is -2.28. The smallest absolute Gasteiger partial charge is 0.322 e. The Kier molecular flexibility index (Phi) is 5.62. The molecule has 0 bridgehead atoms. The van der Waals surface area contributed by atoms with Crippen LogP contribution in [-0.4, -0.2) is 29.4 Å². The van der Waals surface area contributed by atoms with E-state index < -0.39 is 18.4 Å². The number of aliphatic carboxylic acids is 1. The Morgan fingerprint density at radius 3 is 2.17 bits per heavy atom. The maximum atomic E-state index is 12.8. The van der Waals surface area contributed by atoms with E-state index in [0.717, 1.165) is 0 Å². The minimum Gasteiger partial charge on any atom is -0.480 e. The molecule has 2 aromatic rings. The lowest BCUT2D eigenvalue weighted by Crippen LogP contribution is -2.29. The molecule has 0 unspecified atom stereocenters. The van der Waals surface area contributed by atoms with Crippen molar-refractivity contribution in [2.75, 3.05) is 11.9 Å². The maximum Gasteiger partial charge on any atom is 0.322 e. The second-order valence-electron chi connectivity index (χ2n) is 5.01. The summed E-state index contributed by atoms with van der Waals surface area (Å²) < 4.78 is 12.8. The highest BCUT2D eigenvalue weighted by Gasteiger charge is 2.08. The number of benzene rings is 2. The van der Waals surface area contributed by atoms with Crippen LogP contribution < -0.4 is 10.6 Å². The number of nitrogens with one attached hydrogen (secondary N) is 2. The van der Waals surface area contributed by atoms with Crippen LogP contribution in [0.2, 0.25) is 0 Å². The van der Waals surface area contributed by atoms with Crippen molar-refractivity contribution in [1.29, 1.82) is 0 Å². The van der Waals surface area contributed by atoms with Crippen molar-refractivity contribution in [3.05, 3.63) is 65.5 Å². The summed E-state index contributed by atoms with van der Waals surface area (Å²) in [6, 6.07) is 11.7. The van der Waals surface area contributed by atoms with Crippen LogP contribution in [0.15, 0.2) is 48.5 Å². The molecule has 0 atom stereocenters. The maximum absolute atomic E-state index is 12.8. The van der Waals surface area contributed by atoms with Gasteiger partial charge in [-0.25, -0.2) is 4.39 Å². The van der Waals surface area contributed by atoms with Crippen LogP contribution in [-0.2, 0) is 16.0 Å². The van der Waals surface area contributed by atoms with Crippen molar-refractivity contribution in [3.8, 4) is 0 Å². The van der Waals surface area contributed by atoms with Crippen LogP contribution in [0.25, 0.3) is 0 Å². The summed E-state index contributed by atoms with van der Waals surface area (Å²) in [6.07, 6.45) is 0.0983. The van der Waals surface area contributed by atoms with Crippen LogP contribution in [0.5, 0.6) is 0 Å². The van der Waals surface area contributed by atoms with E-state index in [2.05, 4.69) is 10.6 Å². The lowest BCUT2D eigenvalue weighted by Gasteiger charge is -2.07. The number of amides is 2. The van der Waals surface area contributed by atoms with E-state index in [1.807, 2.05) is 0 Å². The van der Waals surface area contributed by atoms with E-state index in [4.69, 9.17) is 5.11 Å². The van der Waals surface area contributed by atoms with Crippen molar-refractivity contribution in [2.45, 2.75) is 6.42 Å². The van der Waals surface area contributed by atoms with Crippen LogP contribution in [0.3, 0.4) is 0 Å². The standard InChI is InChI=1S/C17H15FN2O4/c18-13-5-1-11(2-6-13)9-15(21)20-14-7-3-12(4-8-14)17(24)19-10-16(22)23/h1-8H,9-10H2,(H,19,24)(H,20,21)(H,22,23). The lowest BCUT2D eigenvalue weighted by atomic mass is 10.1. The van der Waals surface area contributed by atoms with Crippen LogP contribution >= 0.6 is 0 Å². The van der Waals surface area contributed by atoms with Gasteiger partial charge in [0.15, 0.2) is 0 Å². The van der Waals surface area contributed by atoms with E-state index in [9.17, 15) is 18.8 Å². The number of carboxylic acid groups (broad SMARTS) is 1. The van der Waals surface area contributed by atoms with Gasteiger partial charge in [0.25, 0.3) is 5.91 Å². The average molecular weight is 330 g/mol. The van der Waals surface area contributed by atoms with Crippen LogP contribution in [0, 0.1) is 5.82 Å². The fourth-order valence-corrected chi connectivity index (χ4v) is 1.96. The fourth-order valence-electron chi connectivity index (χ4n) is 1.96. The molecule has 2 aromatic carbocycles. The summed E-state index contributed by atoms with van der Waals surface area (Å²) >= 11 is 0. The monoisotopic (exact) mass is 330 g/mol. The predicted molar refractivity (Wildman–Crippen MR) is 85.1 cm³/mol. The molecule has 6 nitrogen and oxygen atoms in total. The molecule has 0 aromatic heterocycles. The summed E-state index contributed by atoms with van der Waals surface area (Å²) in [4.78, 5) is 34.0. The molecular weight excluding hydrogens is 315 g/mol.